The fourth-order valence-electron chi connectivity index (χ4n) is 1.54. The van der Waals surface area contributed by atoms with E-state index in [1.807, 2.05) is 0 Å². The molecule has 0 rings (SSSR count). The minimum Gasteiger partial charge on any atom is -0.463 e. The van der Waals surface area contributed by atoms with Crippen molar-refractivity contribution in [2.45, 2.75) is 57.5 Å². The average molecular weight is 366 g/mol. The summed E-state index contributed by atoms with van der Waals surface area (Å²) in [5.41, 5.74) is -2.57. The molecule has 0 aromatic rings. The van der Waals surface area contributed by atoms with E-state index in [9.17, 15) is 19.5 Å². The Morgan fingerprint density at radius 1 is 0.760 bits per heavy atom. The van der Waals surface area contributed by atoms with Gasteiger partial charge in [-0.15, -0.1) is 0 Å². The van der Waals surface area contributed by atoms with Gasteiger partial charge in [0, 0.05) is 0 Å². The van der Waals surface area contributed by atoms with Crippen LogP contribution in [0.3, 0.4) is 0 Å². The topological polar surface area (TPSA) is 160 Å². The van der Waals surface area contributed by atoms with Crippen LogP contribution >= 0.6 is 0 Å². The van der Waals surface area contributed by atoms with Crippen LogP contribution in [0.5, 0.6) is 0 Å². The van der Waals surface area contributed by atoms with Gasteiger partial charge in [0.1, 0.15) is 19.8 Å². The maximum atomic E-state index is 12.0. The van der Waals surface area contributed by atoms with Gasteiger partial charge in [0.05, 0.1) is 31.2 Å². The number of hydrogen-bond acceptors (Lipinski definition) is 10. The van der Waals surface area contributed by atoms with Gasteiger partial charge in [0.25, 0.3) is 0 Å². The Kier molecular flexibility index (Phi) is 10.2. The Morgan fingerprint density at radius 2 is 1.08 bits per heavy atom. The number of esters is 3. The monoisotopic (exact) mass is 366 g/mol. The summed E-state index contributed by atoms with van der Waals surface area (Å²) in [6, 6.07) is 0. The van der Waals surface area contributed by atoms with Crippen LogP contribution in [0.1, 0.15) is 33.6 Å². The molecule has 10 heteroatoms. The summed E-state index contributed by atoms with van der Waals surface area (Å²) in [5, 5.41) is 37.6. The van der Waals surface area contributed by atoms with E-state index in [-0.39, 0.29) is 13.2 Å². The molecule has 3 unspecified atom stereocenters. The number of carbonyl (C=O) groups is 3. The largest absolute Gasteiger partial charge is 0.463 e. The van der Waals surface area contributed by atoms with Crippen molar-refractivity contribution in [3.05, 3.63) is 0 Å². The zero-order chi connectivity index (χ0) is 19.6. The molecular weight excluding hydrogens is 340 g/mol. The van der Waals surface area contributed by atoms with Crippen LogP contribution in [0, 0.1) is 0 Å². The maximum absolute atomic E-state index is 12.0. The van der Waals surface area contributed by atoms with Crippen molar-refractivity contribution in [3.63, 3.8) is 0 Å². The molecular formula is C15H26O10. The van der Waals surface area contributed by atoms with E-state index < -0.39 is 61.3 Å². The second-order valence-corrected chi connectivity index (χ2v) is 5.90. The average Bonchev–Trinajstić information content (AvgIpc) is 2.48. The van der Waals surface area contributed by atoms with Crippen LogP contribution in [-0.4, -0.2) is 82.1 Å². The lowest BCUT2D eigenvalue weighted by Gasteiger charge is -2.25. The molecule has 0 saturated carbocycles. The molecule has 0 heterocycles. The first-order valence-corrected chi connectivity index (χ1v) is 7.71. The van der Waals surface area contributed by atoms with Crippen molar-refractivity contribution in [1.29, 1.82) is 0 Å². The number of aliphatic hydroxyl groups excluding tert-OH is 3. The molecule has 146 valence electrons. The number of rotatable bonds is 11. The molecule has 0 bridgehead atoms. The normalized spacial score (nSPS) is 16.9. The zero-order valence-electron chi connectivity index (χ0n) is 14.5. The lowest BCUT2D eigenvalue weighted by molar-refractivity contribution is -0.180. The van der Waals surface area contributed by atoms with Crippen LogP contribution in [0.2, 0.25) is 0 Å². The van der Waals surface area contributed by atoms with Gasteiger partial charge >= 0.3 is 17.9 Å². The SMILES string of the molecule is CC(O)COC(=O)CC(O)(CC(=O)OCC(C)O)C(=O)OCC(C)O. The van der Waals surface area contributed by atoms with Gasteiger partial charge in [-0.05, 0) is 20.8 Å². The Balaban J connectivity index is 4.98. The molecule has 0 aromatic carbocycles. The van der Waals surface area contributed by atoms with E-state index in [2.05, 4.69) is 14.2 Å². The lowest BCUT2D eigenvalue weighted by Crippen LogP contribution is -2.45. The summed E-state index contributed by atoms with van der Waals surface area (Å²) in [6.07, 6.45) is -4.74. The highest BCUT2D eigenvalue weighted by atomic mass is 16.6. The van der Waals surface area contributed by atoms with Crippen LogP contribution in [-0.2, 0) is 28.6 Å². The lowest BCUT2D eigenvalue weighted by atomic mass is 9.95. The maximum Gasteiger partial charge on any atom is 0.339 e. The van der Waals surface area contributed by atoms with Crippen LogP contribution < -0.4 is 0 Å². The van der Waals surface area contributed by atoms with E-state index in [0.717, 1.165) is 0 Å². The predicted octanol–water partition coefficient (Wildman–Crippen LogP) is -1.73. The minimum absolute atomic E-state index is 0.357. The van der Waals surface area contributed by atoms with Gasteiger partial charge in [-0.3, -0.25) is 9.59 Å². The van der Waals surface area contributed by atoms with Crippen molar-refractivity contribution in [1.82, 2.24) is 0 Å². The molecule has 25 heavy (non-hydrogen) atoms. The Bertz CT molecular complexity index is 418. The third-order valence-electron chi connectivity index (χ3n) is 2.68. The second kappa shape index (κ2) is 11.0. The van der Waals surface area contributed by atoms with E-state index >= 15 is 0 Å². The summed E-state index contributed by atoms with van der Waals surface area (Å²) in [6.45, 7) is 2.90. The first-order valence-electron chi connectivity index (χ1n) is 7.71. The van der Waals surface area contributed by atoms with Crippen LogP contribution in [0.4, 0.5) is 0 Å². The third kappa shape index (κ3) is 10.7. The zero-order valence-corrected chi connectivity index (χ0v) is 14.5. The Labute approximate surface area is 145 Å². The number of hydrogen-bond donors (Lipinski definition) is 4. The Morgan fingerprint density at radius 3 is 1.40 bits per heavy atom. The molecule has 0 aliphatic heterocycles. The number of carbonyl (C=O) groups excluding carboxylic acids is 3. The molecule has 3 atom stereocenters. The summed E-state index contributed by atoms with van der Waals surface area (Å²) < 4.78 is 14.0. The van der Waals surface area contributed by atoms with Gasteiger partial charge in [-0.2, -0.15) is 0 Å². The van der Waals surface area contributed by atoms with Crippen molar-refractivity contribution in [2.75, 3.05) is 19.8 Å². The van der Waals surface area contributed by atoms with E-state index in [4.69, 9.17) is 15.3 Å². The standard InChI is InChI=1S/C15H26O10/c1-9(16)6-23-12(19)4-15(22,14(21)25-8-11(3)18)5-13(20)24-7-10(2)17/h9-11,16-18,22H,4-8H2,1-3H3. The smallest absolute Gasteiger partial charge is 0.339 e. The highest BCUT2D eigenvalue weighted by Gasteiger charge is 2.43. The first-order chi connectivity index (χ1) is 11.5. The first kappa shape index (κ1) is 23.2. The molecule has 0 fully saturated rings. The van der Waals surface area contributed by atoms with E-state index in [1.54, 1.807) is 0 Å². The number of ether oxygens (including phenoxy) is 3. The minimum atomic E-state index is -2.57. The van der Waals surface area contributed by atoms with E-state index in [1.165, 1.54) is 20.8 Å². The van der Waals surface area contributed by atoms with Gasteiger partial charge in [0.2, 0.25) is 0 Å². The molecule has 4 N–H and O–H groups in total. The fourth-order valence-corrected chi connectivity index (χ4v) is 1.54. The second-order valence-electron chi connectivity index (χ2n) is 5.90. The van der Waals surface area contributed by atoms with Gasteiger partial charge in [0.15, 0.2) is 5.60 Å². The molecule has 0 aliphatic rings. The molecule has 0 saturated heterocycles. The summed E-state index contributed by atoms with van der Waals surface area (Å²) >= 11 is 0. The van der Waals surface area contributed by atoms with Crippen LogP contribution in [0.15, 0.2) is 0 Å². The predicted molar refractivity (Wildman–Crippen MR) is 82.1 cm³/mol. The number of aliphatic hydroxyl groups is 4. The Hall–Kier alpha value is -1.75. The summed E-state index contributed by atoms with van der Waals surface area (Å²) in [4.78, 5) is 35.4. The van der Waals surface area contributed by atoms with Crippen molar-refractivity contribution < 1.29 is 49.0 Å². The third-order valence-corrected chi connectivity index (χ3v) is 2.68. The van der Waals surface area contributed by atoms with Crippen LogP contribution in [0.25, 0.3) is 0 Å². The molecule has 0 spiro atoms. The van der Waals surface area contributed by atoms with Gasteiger partial charge in [-0.25, -0.2) is 4.79 Å². The highest BCUT2D eigenvalue weighted by Crippen LogP contribution is 2.20. The summed E-state index contributed by atoms with van der Waals surface area (Å²) in [5.74, 6) is -3.39. The van der Waals surface area contributed by atoms with E-state index in [0.29, 0.717) is 0 Å². The summed E-state index contributed by atoms with van der Waals surface area (Å²) in [7, 11) is 0. The molecule has 0 amide bonds. The van der Waals surface area contributed by atoms with Gasteiger partial charge in [-0.1, -0.05) is 0 Å². The van der Waals surface area contributed by atoms with Crippen molar-refractivity contribution in [2.24, 2.45) is 0 Å². The van der Waals surface area contributed by atoms with Crippen molar-refractivity contribution in [3.8, 4) is 0 Å². The molecule has 10 nitrogen and oxygen atoms in total. The quantitative estimate of drug-likeness (QED) is 0.244. The van der Waals surface area contributed by atoms with Gasteiger partial charge < -0.3 is 34.6 Å². The van der Waals surface area contributed by atoms with Crippen molar-refractivity contribution >= 4 is 17.9 Å². The molecule has 0 aromatic heterocycles. The molecule has 0 radical (unpaired) electrons. The molecule has 0 aliphatic carbocycles. The fraction of sp³-hybridized carbons (Fsp3) is 0.800. The highest BCUT2D eigenvalue weighted by molar-refractivity contribution is 5.90.